The van der Waals surface area contributed by atoms with Crippen LogP contribution in [-0.2, 0) is 106 Å². The van der Waals surface area contributed by atoms with Gasteiger partial charge in [0.15, 0.2) is 5.82 Å². The predicted molar refractivity (Wildman–Crippen MR) is 469 cm³/mol. The van der Waals surface area contributed by atoms with Crippen LogP contribution < -0.4 is 64.6 Å². The molecule has 2 fully saturated rings. The molecule has 9 rings (SSSR count). The first-order valence-corrected chi connectivity index (χ1v) is 44.4. The second-order valence-corrected chi connectivity index (χ2v) is 33.7. The monoisotopic (exact) mass is 1860 g/mol. The number of phenolic OH excluding ortho intramolecular Hbond substituents is 1. The van der Waals surface area contributed by atoms with E-state index in [1.54, 1.807) is 67.8 Å². The number of aromatic hydroxyl groups is 1. The van der Waals surface area contributed by atoms with Crippen molar-refractivity contribution in [1.82, 2.24) is 103 Å². The number of benzene rings is 3. The topological polar surface area (TPSA) is 689 Å². The first-order valence-electron chi connectivity index (χ1n) is 43.2. The van der Waals surface area contributed by atoms with Gasteiger partial charge < -0.3 is 125 Å². The maximum absolute atomic E-state index is 15.7. The fraction of sp³-hybridized carbons (Fsp3) is 0.518. The number of carboxylic acids is 3. The van der Waals surface area contributed by atoms with Crippen molar-refractivity contribution >= 4 is 140 Å². The highest BCUT2D eigenvalue weighted by Gasteiger charge is 2.47. The number of carboxylic acid groups (broad SMARTS) is 3. The van der Waals surface area contributed by atoms with Crippen LogP contribution in [-0.4, -0.2) is 324 Å². The van der Waals surface area contributed by atoms with Crippen molar-refractivity contribution in [1.29, 1.82) is 0 Å². The number of fused-ring (bicyclic) bond motifs is 5. The molecule has 0 bridgehead atoms. The fourth-order valence-electron chi connectivity index (χ4n) is 15.9. The molecule has 0 aliphatic carbocycles. The van der Waals surface area contributed by atoms with Gasteiger partial charge in [0.1, 0.15) is 84.3 Å². The van der Waals surface area contributed by atoms with Gasteiger partial charge in [-0.1, -0.05) is 88.1 Å². The van der Waals surface area contributed by atoms with E-state index in [2.05, 4.69) is 78.7 Å². The maximum atomic E-state index is 15.7. The Bertz CT molecular complexity index is 5180. The average Bonchev–Trinajstić information content (AvgIpc) is 1.65. The molecule has 132 heavy (non-hydrogen) atoms. The summed E-state index contributed by atoms with van der Waals surface area (Å²) in [5, 5.41) is 102. The van der Waals surface area contributed by atoms with Crippen LogP contribution in [0.3, 0.4) is 0 Å². The van der Waals surface area contributed by atoms with Crippen LogP contribution in [0.1, 0.15) is 145 Å². The zero-order chi connectivity index (χ0) is 96.3. The summed E-state index contributed by atoms with van der Waals surface area (Å²) < 4.78 is 1.15. The van der Waals surface area contributed by atoms with Crippen LogP contribution in [0.4, 0.5) is 0 Å². The molecule has 0 spiro atoms. The van der Waals surface area contributed by atoms with Crippen molar-refractivity contribution in [2.45, 2.75) is 221 Å². The van der Waals surface area contributed by atoms with Crippen LogP contribution in [0.2, 0.25) is 0 Å². The number of unbranched alkanes of at least 4 members (excludes halogenated alkanes) is 2. The molecule has 22 N–H and O–H groups in total. The summed E-state index contributed by atoms with van der Waals surface area (Å²) in [5.74, 6) is -21.8. The highest BCUT2D eigenvalue weighted by Crippen LogP contribution is 2.31. The third-order valence-electron chi connectivity index (χ3n) is 23.2. The summed E-state index contributed by atoms with van der Waals surface area (Å²) in [6.45, 7) is 1.36. The van der Waals surface area contributed by atoms with E-state index in [1.807, 2.05) is 6.92 Å². The molecule has 0 unspecified atom stereocenters. The van der Waals surface area contributed by atoms with Gasteiger partial charge in [0.05, 0.1) is 37.5 Å². The number of primary amides is 1. The Labute approximate surface area is 760 Å². The van der Waals surface area contributed by atoms with Crippen molar-refractivity contribution in [3.8, 4) is 5.75 Å². The largest absolute Gasteiger partial charge is 0.508 e. The molecule has 3 aromatic carbocycles. The van der Waals surface area contributed by atoms with E-state index in [0.717, 1.165) is 31.3 Å². The summed E-state index contributed by atoms with van der Waals surface area (Å²) in [4.78, 5) is 266. The van der Waals surface area contributed by atoms with Gasteiger partial charge in [0.2, 0.25) is 88.6 Å². The number of amides is 15. The standard InChI is InChI=1S/C85H114N22O24S/c1-6-8-19-63-79(125)92-54(26-28-69(113)114)75(121)99-62(74(120)90-39-67(87)111)42-132-43-68(112)91-58(31-45-22-24-48(109)25-23-45)82(128)103(4)44(3)73(119)96-59(35-71(117)118)84(130)105-30-14-21-64(105)80(126)97-60(36-86)77(123)93-55(27-29-70(115)116)83(129)106-40-49(110)34-66(106)81(127)95-57(33-47-38-89-53-18-13-11-16-51(47)53)76(122)98-61(41-108)78(124)94-56(32-46-37-88-52-17-12-10-15-50(46)52)72-100-101-102-107(72)65(20-9-7-2)85(131)104(63)5/h10-13,15-18,22-25,37-38,44,49,54-66,88-89,108-110H,6-9,14,19-21,26-36,39-43,86H2,1-5H3,(H2,87,111)(H,90,120)(H,91,112)(H,92,125)(H,93,123)(H,94,124)(H,95,127)(H,96,119)(H,97,126)(H,98,122)(H,99,121)(H,113,114)(H,115,116)(H,117,118)/t44-,49+,54-,55-,56-,57-,58-,59-,60-,61-,62-,63-,64-,65-,66-/m0/s1. The molecular weight excluding hydrogens is 1750 g/mol. The fourth-order valence-corrected chi connectivity index (χ4v) is 16.7. The third-order valence-corrected chi connectivity index (χ3v) is 24.2. The number of likely N-dealkylation sites (N-methyl/N-ethyl adjacent to an activating group) is 2. The first kappa shape index (κ1) is 102. The highest BCUT2D eigenvalue weighted by molar-refractivity contribution is 8.00. The lowest BCUT2D eigenvalue weighted by Gasteiger charge is -2.32. The molecule has 0 radical (unpaired) electrons. The molecule has 3 aliphatic heterocycles. The minimum Gasteiger partial charge on any atom is -0.508 e. The van der Waals surface area contributed by atoms with Gasteiger partial charge in [-0.25, -0.2) is 4.68 Å². The molecule has 15 atom stereocenters. The van der Waals surface area contributed by atoms with Gasteiger partial charge in [-0.05, 0) is 96.8 Å². The smallest absolute Gasteiger partial charge is 0.305 e. The molecule has 714 valence electrons. The number of hydrogen-bond acceptors (Lipinski definition) is 26. The Morgan fingerprint density at radius 1 is 0.553 bits per heavy atom. The number of aliphatic hydroxyl groups excluding tert-OH is 2. The molecule has 47 heteroatoms. The lowest BCUT2D eigenvalue weighted by Crippen LogP contribution is -2.61. The molecule has 6 heterocycles. The molecule has 0 saturated carbocycles. The van der Waals surface area contributed by atoms with Crippen LogP contribution in [0.15, 0.2) is 85.2 Å². The van der Waals surface area contributed by atoms with Gasteiger partial charge in [0.25, 0.3) is 0 Å². The van der Waals surface area contributed by atoms with Crippen LogP contribution >= 0.6 is 11.8 Å². The summed E-state index contributed by atoms with van der Waals surface area (Å²) in [5.41, 5.74) is 14.1. The number of aromatic amines is 2. The van der Waals surface area contributed by atoms with Crippen molar-refractivity contribution in [2.75, 3.05) is 58.4 Å². The van der Waals surface area contributed by atoms with E-state index in [-0.39, 0.29) is 69.5 Å². The Balaban J connectivity index is 1.10. The lowest BCUT2D eigenvalue weighted by molar-refractivity contribution is -0.147. The first-order chi connectivity index (χ1) is 62.9. The minimum atomic E-state index is -1.96. The van der Waals surface area contributed by atoms with E-state index < -0.39 is 273 Å². The number of carbonyl (C=O) groups excluding carboxylic acids is 15. The van der Waals surface area contributed by atoms with E-state index >= 15 is 28.8 Å². The lowest BCUT2D eigenvalue weighted by atomic mass is 10.0. The van der Waals surface area contributed by atoms with Crippen molar-refractivity contribution in [3.05, 3.63) is 108 Å². The number of nitrogens with two attached hydrogens (primary N) is 2. The normalized spacial score (nSPS) is 24.8. The maximum Gasteiger partial charge on any atom is 0.305 e. The Hall–Kier alpha value is -13.7. The molecule has 15 amide bonds. The van der Waals surface area contributed by atoms with Gasteiger partial charge >= 0.3 is 17.9 Å². The number of para-hydroxylation sites is 2. The van der Waals surface area contributed by atoms with Crippen molar-refractivity contribution < 1.29 is 117 Å². The minimum absolute atomic E-state index is 0.0305. The zero-order valence-corrected chi connectivity index (χ0v) is 74.2. The van der Waals surface area contributed by atoms with Crippen LogP contribution in [0, 0.1) is 0 Å². The molecular formula is C85H114N22O24S. The number of aromatic nitrogens is 6. The number of H-pyrrole nitrogens is 2. The number of hydrogen-bond donors (Lipinski definition) is 20. The average molecular weight is 1860 g/mol. The Kier molecular flexibility index (Phi) is 37.3. The SMILES string of the molecule is CCCC[C@H]1C(=O)N[C@@H](CCC(=O)O)C(=O)N[C@H](C(=O)NCC(N)=O)CSCC(=O)N[C@@H](Cc2ccc(O)cc2)C(=O)N(C)[C@@H](C)C(=O)N[C@@H](CC(=O)O)C(=O)N2CCC[C@H]2C(=O)N[C@@H](CN)C(=O)N[C@@H](CCC(=O)O)C(=O)N2C[C@H](O)C[C@H]2C(=O)N[C@@H](Cc2c[nH]c3ccccc23)C(=O)N[C@@H](CO)C(=O)N[C@@H](Cc2c[nH]c3ccccc23)c2nnnn2[C@@H](CCCC)C(=O)N1C. The van der Waals surface area contributed by atoms with Gasteiger partial charge in [-0.15, -0.1) is 16.9 Å². The summed E-state index contributed by atoms with van der Waals surface area (Å²) in [6, 6.07) is -4.03. The predicted octanol–water partition coefficient (Wildman–Crippen LogP) is -3.84. The number of rotatable bonds is 25. The quantitative estimate of drug-likeness (QED) is 0.0261. The molecule has 2 saturated heterocycles. The van der Waals surface area contributed by atoms with Crippen molar-refractivity contribution in [3.63, 3.8) is 0 Å². The van der Waals surface area contributed by atoms with Gasteiger partial charge in [0, 0.05) is 112 Å². The number of nitrogens with one attached hydrogen (secondary N) is 12. The number of carbonyl (C=O) groups is 18. The van der Waals surface area contributed by atoms with Crippen molar-refractivity contribution in [2.24, 2.45) is 11.5 Å². The third kappa shape index (κ3) is 27.5. The van der Waals surface area contributed by atoms with Crippen LogP contribution in [0.5, 0.6) is 5.75 Å². The highest BCUT2D eigenvalue weighted by atomic mass is 32.2. The molecule has 6 aromatic rings. The molecule has 3 aliphatic rings. The van der Waals surface area contributed by atoms with Gasteiger partial charge in [-0.2, -0.15) is 0 Å². The number of tetrazole rings is 1. The van der Waals surface area contributed by atoms with E-state index in [9.17, 15) is 88.2 Å². The number of aliphatic hydroxyl groups is 2. The zero-order valence-electron chi connectivity index (χ0n) is 73.4. The number of nitrogens with zero attached hydrogens (tertiary/aromatic N) is 8. The number of aliphatic carboxylic acids is 3. The van der Waals surface area contributed by atoms with Gasteiger partial charge in [-0.3, -0.25) is 86.3 Å². The number of thioether (sulfide) groups is 1. The second-order valence-electron chi connectivity index (χ2n) is 32.6. The molecule has 3 aromatic heterocycles. The van der Waals surface area contributed by atoms with E-state index in [0.29, 0.717) is 69.5 Å². The Morgan fingerprint density at radius 3 is 1.70 bits per heavy atom. The number of phenols is 1. The second kappa shape index (κ2) is 48.3. The molecule has 46 nitrogen and oxygen atoms in total. The summed E-state index contributed by atoms with van der Waals surface area (Å²) in [7, 11) is 2.45. The Morgan fingerprint density at radius 2 is 1.09 bits per heavy atom. The summed E-state index contributed by atoms with van der Waals surface area (Å²) >= 11 is 0.687. The summed E-state index contributed by atoms with van der Waals surface area (Å²) in [6.07, 6.45) is -2.27. The van der Waals surface area contributed by atoms with E-state index in [1.165, 1.54) is 38.2 Å². The van der Waals surface area contributed by atoms with E-state index in [4.69, 9.17) is 11.5 Å². The van der Waals surface area contributed by atoms with Crippen LogP contribution in [0.25, 0.3) is 21.8 Å².